The standard InChI is InChI=1S/C20H25N3O2S/c1-2-12-23-19(25)16-10-9-15(13-17(16)22-20(23)26)18(24)21-11-5-8-14-6-3-4-7-14/h2,9-10,13-14H,1,3-8,11-12H2,(H,21,24)(H,22,26). The van der Waals surface area contributed by atoms with Gasteiger partial charge in [0, 0.05) is 18.7 Å². The molecular weight excluding hydrogens is 346 g/mol. The summed E-state index contributed by atoms with van der Waals surface area (Å²) in [6.07, 6.45) is 9.20. The molecule has 1 aromatic carbocycles. The molecule has 1 aliphatic carbocycles. The van der Waals surface area contributed by atoms with E-state index < -0.39 is 0 Å². The van der Waals surface area contributed by atoms with Gasteiger partial charge in [-0.25, -0.2) is 0 Å². The lowest BCUT2D eigenvalue weighted by molar-refractivity contribution is 0.0952. The minimum Gasteiger partial charge on any atom is -0.352 e. The smallest absolute Gasteiger partial charge is 0.262 e. The Bertz CT molecular complexity index is 923. The number of carbonyl (C=O) groups excluding carboxylic acids is 1. The summed E-state index contributed by atoms with van der Waals surface area (Å²) in [5, 5.41) is 3.49. The monoisotopic (exact) mass is 371 g/mol. The lowest BCUT2D eigenvalue weighted by Gasteiger charge is -2.10. The van der Waals surface area contributed by atoms with Gasteiger partial charge < -0.3 is 10.3 Å². The van der Waals surface area contributed by atoms with Crippen LogP contribution in [-0.2, 0) is 6.54 Å². The first-order valence-electron chi connectivity index (χ1n) is 9.26. The number of nitrogens with zero attached hydrogens (tertiary/aromatic N) is 1. The van der Waals surface area contributed by atoms with Gasteiger partial charge in [-0.15, -0.1) is 6.58 Å². The van der Waals surface area contributed by atoms with Crippen molar-refractivity contribution in [3.05, 3.63) is 51.5 Å². The van der Waals surface area contributed by atoms with E-state index >= 15 is 0 Å². The third-order valence-corrected chi connectivity index (χ3v) is 5.43. The maximum Gasteiger partial charge on any atom is 0.262 e. The lowest BCUT2D eigenvalue weighted by atomic mass is 10.0. The Morgan fingerprint density at radius 1 is 1.38 bits per heavy atom. The largest absolute Gasteiger partial charge is 0.352 e. The number of rotatable bonds is 7. The average Bonchev–Trinajstić information content (AvgIpc) is 3.15. The number of nitrogens with one attached hydrogen (secondary N) is 2. The van der Waals surface area contributed by atoms with Crippen LogP contribution in [0.3, 0.4) is 0 Å². The molecule has 0 unspecified atom stereocenters. The molecule has 0 atom stereocenters. The van der Waals surface area contributed by atoms with Crippen LogP contribution in [0.2, 0.25) is 0 Å². The highest BCUT2D eigenvalue weighted by Gasteiger charge is 2.14. The van der Waals surface area contributed by atoms with Crippen LogP contribution in [0.25, 0.3) is 10.9 Å². The quantitative estimate of drug-likeness (QED) is 0.440. The van der Waals surface area contributed by atoms with Crippen molar-refractivity contribution in [3.63, 3.8) is 0 Å². The maximum atomic E-state index is 12.5. The van der Waals surface area contributed by atoms with Gasteiger partial charge in [-0.05, 0) is 49.2 Å². The number of amides is 1. The lowest BCUT2D eigenvalue weighted by Crippen LogP contribution is -2.25. The summed E-state index contributed by atoms with van der Waals surface area (Å²) in [5.74, 6) is 0.721. The average molecular weight is 372 g/mol. The van der Waals surface area contributed by atoms with Crippen LogP contribution in [0, 0.1) is 10.7 Å². The summed E-state index contributed by atoms with van der Waals surface area (Å²) >= 11 is 5.24. The minimum atomic E-state index is -0.174. The first-order valence-corrected chi connectivity index (χ1v) is 9.67. The topological polar surface area (TPSA) is 66.9 Å². The van der Waals surface area contributed by atoms with Gasteiger partial charge in [-0.1, -0.05) is 31.8 Å². The van der Waals surface area contributed by atoms with Gasteiger partial charge in [-0.2, -0.15) is 0 Å². The number of carbonyl (C=O) groups is 1. The molecule has 0 bridgehead atoms. The second-order valence-corrected chi connectivity index (χ2v) is 7.33. The summed E-state index contributed by atoms with van der Waals surface area (Å²) in [5.41, 5.74) is 0.941. The summed E-state index contributed by atoms with van der Waals surface area (Å²) in [7, 11) is 0. The fourth-order valence-corrected chi connectivity index (χ4v) is 3.95. The Balaban J connectivity index is 1.68. The van der Waals surface area contributed by atoms with Gasteiger partial charge >= 0.3 is 0 Å². The minimum absolute atomic E-state index is 0.118. The van der Waals surface area contributed by atoms with E-state index in [1.165, 1.54) is 36.7 Å². The van der Waals surface area contributed by atoms with Crippen LogP contribution < -0.4 is 10.9 Å². The third kappa shape index (κ3) is 4.12. The van der Waals surface area contributed by atoms with Crippen LogP contribution in [0.15, 0.2) is 35.6 Å². The Morgan fingerprint density at radius 2 is 2.15 bits per heavy atom. The van der Waals surface area contributed by atoms with E-state index in [0.29, 0.717) is 34.3 Å². The van der Waals surface area contributed by atoms with Crippen molar-refractivity contribution < 1.29 is 4.79 Å². The van der Waals surface area contributed by atoms with Crippen molar-refractivity contribution in [1.82, 2.24) is 14.9 Å². The molecule has 1 aliphatic rings. The van der Waals surface area contributed by atoms with Crippen molar-refractivity contribution in [2.75, 3.05) is 6.54 Å². The number of hydrogen-bond donors (Lipinski definition) is 2. The predicted molar refractivity (Wildman–Crippen MR) is 107 cm³/mol. The molecule has 5 nitrogen and oxygen atoms in total. The van der Waals surface area contributed by atoms with E-state index in [4.69, 9.17) is 12.2 Å². The molecule has 0 saturated heterocycles. The number of H-pyrrole nitrogens is 1. The highest BCUT2D eigenvalue weighted by molar-refractivity contribution is 7.71. The van der Waals surface area contributed by atoms with E-state index in [9.17, 15) is 9.59 Å². The van der Waals surface area contributed by atoms with Gasteiger partial charge in [0.1, 0.15) is 0 Å². The molecule has 138 valence electrons. The molecule has 0 radical (unpaired) electrons. The highest BCUT2D eigenvalue weighted by atomic mass is 32.1. The highest BCUT2D eigenvalue weighted by Crippen LogP contribution is 2.28. The first kappa shape index (κ1) is 18.6. The first-order chi connectivity index (χ1) is 12.6. The van der Waals surface area contributed by atoms with Gasteiger partial charge in [-0.3, -0.25) is 14.2 Å². The molecule has 6 heteroatoms. The van der Waals surface area contributed by atoms with Gasteiger partial charge in [0.25, 0.3) is 11.5 Å². The number of aromatic nitrogens is 2. The summed E-state index contributed by atoms with van der Waals surface area (Å²) in [4.78, 5) is 27.9. The molecular formula is C20H25N3O2S. The molecule has 1 aromatic heterocycles. The zero-order valence-electron chi connectivity index (χ0n) is 14.9. The molecule has 2 N–H and O–H groups in total. The van der Waals surface area contributed by atoms with Crippen molar-refractivity contribution >= 4 is 29.0 Å². The zero-order chi connectivity index (χ0) is 18.5. The van der Waals surface area contributed by atoms with Crippen LogP contribution in [0.5, 0.6) is 0 Å². The number of aromatic amines is 1. The Labute approximate surface area is 158 Å². The third-order valence-electron chi connectivity index (χ3n) is 5.11. The number of hydrogen-bond acceptors (Lipinski definition) is 3. The molecule has 0 aliphatic heterocycles. The van der Waals surface area contributed by atoms with Gasteiger partial charge in [0.2, 0.25) is 0 Å². The second-order valence-electron chi connectivity index (χ2n) is 6.94. The van der Waals surface area contributed by atoms with E-state index in [-0.39, 0.29) is 11.5 Å². The zero-order valence-corrected chi connectivity index (χ0v) is 15.7. The van der Waals surface area contributed by atoms with Gasteiger partial charge in [0.05, 0.1) is 10.9 Å². The molecule has 1 saturated carbocycles. The van der Waals surface area contributed by atoms with Crippen molar-refractivity contribution in [3.8, 4) is 0 Å². The number of allylic oxidation sites excluding steroid dienone is 1. The van der Waals surface area contributed by atoms with Gasteiger partial charge in [0.15, 0.2) is 4.77 Å². The molecule has 26 heavy (non-hydrogen) atoms. The summed E-state index contributed by atoms with van der Waals surface area (Å²) < 4.78 is 1.78. The molecule has 1 heterocycles. The fraction of sp³-hybridized carbons (Fsp3) is 0.450. The Hall–Kier alpha value is -2.21. The van der Waals surface area contributed by atoms with Crippen molar-refractivity contribution in [2.24, 2.45) is 5.92 Å². The van der Waals surface area contributed by atoms with Crippen LogP contribution >= 0.6 is 12.2 Å². The summed E-state index contributed by atoms with van der Waals surface area (Å²) in [6.45, 7) is 4.68. The number of fused-ring (bicyclic) bond motifs is 1. The molecule has 3 rings (SSSR count). The van der Waals surface area contributed by atoms with E-state index in [2.05, 4.69) is 16.9 Å². The summed E-state index contributed by atoms with van der Waals surface area (Å²) in [6, 6.07) is 5.05. The van der Waals surface area contributed by atoms with Crippen LogP contribution in [-0.4, -0.2) is 22.0 Å². The van der Waals surface area contributed by atoms with E-state index in [1.807, 2.05) is 0 Å². The predicted octanol–water partition coefficient (Wildman–Crippen LogP) is 3.95. The van der Waals surface area contributed by atoms with Crippen molar-refractivity contribution in [2.45, 2.75) is 45.1 Å². The number of benzene rings is 1. The normalized spacial score (nSPS) is 14.6. The fourth-order valence-electron chi connectivity index (χ4n) is 3.68. The second kappa shape index (κ2) is 8.45. The Morgan fingerprint density at radius 3 is 2.88 bits per heavy atom. The maximum absolute atomic E-state index is 12.5. The van der Waals surface area contributed by atoms with Crippen LogP contribution in [0.1, 0.15) is 48.9 Å². The van der Waals surface area contributed by atoms with Crippen molar-refractivity contribution in [1.29, 1.82) is 0 Å². The Kier molecular flexibility index (Phi) is 6.04. The molecule has 2 aromatic rings. The van der Waals surface area contributed by atoms with E-state index in [1.54, 1.807) is 24.3 Å². The van der Waals surface area contributed by atoms with Crippen LogP contribution in [0.4, 0.5) is 0 Å². The SMILES string of the molecule is C=CCn1c(=S)[nH]c2cc(C(=O)NCCCC3CCCC3)ccc2c1=O. The molecule has 1 amide bonds. The van der Waals surface area contributed by atoms with E-state index in [0.717, 1.165) is 12.3 Å². The molecule has 1 fully saturated rings. The molecule has 0 spiro atoms.